The first-order valence-electron chi connectivity index (χ1n) is 7.56. The zero-order chi connectivity index (χ0) is 16.2. The lowest BCUT2D eigenvalue weighted by Crippen LogP contribution is -2.35. The van der Waals surface area contributed by atoms with Crippen molar-refractivity contribution in [2.24, 2.45) is 0 Å². The van der Waals surface area contributed by atoms with Gasteiger partial charge >= 0.3 is 6.03 Å². The first-order valence-corrected chi connectivity index (χ1v) is 7.56. The van der Waals surface area contributed by atoms with Crippen LogP contribution in [-0.2, 0) is 0 Å². The van der Waals surface area contributed by atoms with Gasteiger partial charge in [0.05, 0.1) is 24.5 Å². The Morgan fingerprint density at radius 3 is 2.83 bits per heavy atom. The minimum absolute atomic E-state index is 0.0473. The maximum absolute atomic E-state index is 12.2. The van der Waals surface area contributed by atoms with Crippen molar-refractivity contribution in [2.45, 2.75) is 12.5 Å². The molecule has 2 amide bonds. The molecule has 1 atom stereocenters. The van der Waals surface area contributed by atoms with Gasteiger partial charge in [-0.2, -0.15) is 0 Å². The van der Waals surface area contributed by atoms with Crippen LogP contribution in [0.2, 0.25) is 0 Å². The van der Waals surface area contributed by atoms with Crippen LogP contribution >= 0.6 is 0 Å². The number of carbonyl (C=O) groups excluding carboxylic acids is 1. The van der Waals surface area contributed by atoms with E-state index in [1.165, 1.54) is 0 Å². The molecular formula is C17H20N4O2. The highest BCUT2D eigenvalue weighted by Crippen LogP contribution is 2.31. The van der Waals surface area contributed by atoms with Gasteiger partial charge in [0.25, 0.3) is 0 Å². The maximum atomic E-state index is 12.2. The van der Waals surface area contributed by atoms with Crippen LogP contribution in [0.25, 0.3) is 0 Å². The van der Waals surface area contributed by atoms with E-state index in [9.17, 15) is 4.79 Å². The number of rotatable bonds is 3. The summed E-state index contributed by atoms with van der Waals surface area (Å²) in [5, 5.41) is 5.81. The van der Waals surface area contributed by atoms with E-state index in [1.54, 1.807) is 6.20 Å². The number of pyridine rings is 1. The molecule has 0 saturated heterocycles. The summed E-state index contributed by atoms with van der Waals surface area (Å²) in [6, 6.07) is 11.2. The van der Waals surface area contributed by atoms with Crippen molar-refractivity contribution < 1.29 is 9.53 Å². The molecule has 1 aromatic carbocycles. The topological polar surface area (TPSA) is 66.5 Å². The highest BCUT2D eigenvalue weighted by molar-refractivity contribution is 5.89. The van der Waals surface area contributed by atoms with Gasteiger partial charge in [0, 0.05) is 26.1 Å². The molecule has 2 heterocycles. The van der Waals surface area contributed by atoms with Crippen LogP contribution in [0.5, 0.6) is 5.75 Å². The quantitative estimate of drug-likeness (QED) is 0.914. The second kappa shape index (κ2) is 6.56. The summed E-state index contributed by atoms with van der Waals surface area (Å²) in [6.07, 6.45) is 2.40. The fourth-order valence-corrected chi connectivity index (χ4v) is 2.54. The Hall–Kier alpha value is -2.76. The summed E-state index contributed by atoms with van der Waals surface area (Å²) in [4.78, 5) is 18.4. The van der Waals surface area contributed by atoms with Crippen LogP contribution in [-0.4, -0.2) is 31.7 Å². The summed E-state index contributed by atoms with van der Waals surface area (Å²) in [5.74, 6) is 1.68. The zero-order valence-electron chi connectivity index (χ0n) is 13.2. The van der Waals surface area contributed by atoms with Crippen molar-refractivity contribution in [1.82, 2.24) is 10.3 Å². The molecule has 120 valence electrons. The van der Waals surface area contributed by atoms with E-state index in [2.05, 4.69) is 15.6 Å². The molecule has 0 aliphatic carbocycles. The third kappa shape index (κ3) is 3.53. The average Bonchev–Trinajstić information content (AvgIpc) is 2.55. The highest BCUT2D eigenvalue weighted by atomic mass is 16.5. The largest absolute Gasteiger partial charge is 0.493 e. The van der Waals surface area contributed by atoms with Crippen LogP contribution in [0.4, 0.5) is 16.3 Å². The molecule has 3 rings (SSSR count). The van der Waals surface area contributed by atoms with Gasteiger partial charge in [0.2, 0.25) is 0 Å². The number of nitrogens with one attached hydrogen (secondary N) is 2. The number of aromatic nitrogens is 1. The predicted octanol–water partition coefficient (Wildman–Crippen LogP) is 2.79. The van der Waals surface area contributed by atoms with E-state index in [-0.39, 0.29) is 12.1 Å². The van der Waals surface area contributed by atoms with Gasteiger partial charge in [-0.25, -0.2) is 9.78 Å². The van der Waals surface area contributed by atoms with Gasteiger partial charge in [-0.05, 0) is 18.2 Å². The van der Waals surface area contributed by atoms with Crippen LogP contribution in [0, 0.1) is 0 Å². The smallest absolute Gasteiger partial charge is 0.319 e. The summed E-state index contributed by atoms with van der Waals surface area (Å²) in [6.45, 7) is 0.598. The zero-order valence-corrected chi connectivity index (χ0v) is 13.2. The molecule has 6 heteroatoms. The normalized spacial score (nSPS) is 16.0. The number of hydrogen-bond donors (Lipinski definition) is 2. The molecular weight excluding hydrogens is 292 g/mol. The lowest BCUT2D eigenvalue weighted by atomic mass is 10.0. The number of anilines is 2. The van der Waals surface area contributed by atoms with Crippen LogP contribution in [0.3, 0.4) is 0 Å². The number of ether oxygens (including phenoxy) is 1. The number of carbonyl (C=O) groups is 1. The molecule has 2 aromatic rings. The summed E-state index contributed by atoms with van der Waals surface area (Å²) in [5.41, 5.74) is 1.67. The van der Waals surface area contributed by atoms with Crippen molar-refractivity contribution in [3.63, 3.8) is 0 Å². The van der Waals surface area contributed by atoms with E-state index in [0.29, 0.717) is 12.3 Å². The van der Waals surface area contributed by atoms with Crippen molar-refractivity contribution in [3.05, 3.63) is 48.2 Å². The minimum Gasteiger partial charge on any atom is -0.493 e. The molecule has 0 saturated carbocycles. The SMILES string of the molecule is CN(C)c1ccc(NC(=O)N[C@H]2CCOc3ccccc32)cn1. The number of amides is 2. The first kappa shape index (κ1) is 15.1. The molecule has 0 fully saturated rings. The molecule has 1 aromatic heterocycles. The van der Waals surface area contributed by atoms with Crippen molar-refractivity contribution in [1.29, 1.82) is 0 Å². The van der Waals surface area contributed by atoms with Gasteiger partial charge in [-0.1, -0.05) is 18.2 Å². The Labute approximate surface area is 135 Å². The van der Waals surface area contributed by atoms with Gasteiger partial charge in [-0.3, -0.25) is 0 Å². The van der Waals surface area contributed by atoms with Crippen molar-refractivity contribution in [3.8, 4) is 5.75 Å². The van der Waals surface area contributed by atoms with E-state index < -0.39 is 0 Å². The number of hydrogen-bond acceptors (Lipinski definition) is 4. The van der Waals surface area contributed by atoms with Crippen LogP contribution in [0.15, 0.2) is 42.6 Å². The second-order valence-electron chi connectivity index (χ2n) is 5.63. The summed E-state index contributed by atoms with van der Waals surface area (Å²) < 4.78 is 5.60. The Morgan fingerprint density at radius 2 is 2.09 bits per heavy atom. The minimum atomic E-state index is -0.244. The average molecular weight is 312 g/mol. The number of nitrogens with zero attached hydrogens (tertiary/aromatic N) is 2. The van der Waals surface area contributed by atoms with E-state index in [0.717, 1.165) is 23.6 Å². The number of fused-ring (bicyclic) bond motifs is 1. The molecule has 2 N–H and O–H groups in total. The Morgan fingerprint density at radius 1 is 1.26 bits per heavy atom. The molecule has 1 aliphatic heterocycles. The molecule has 0 spiro atoms. The molecule has 0 unspecified atom stereocenters. The van der Waals surface area contributed by atoms with Crippen LogP contribution in [0.1, 0.15) is 18.0 Å². The Bertz CT molecular complexity index is 685. The highest BCUT2D eigenvalue weighted by Gasteiger charge is 2.22. The first-order chi connectivity index (χ1) is 11.1. The fraction of sp³-hybridized carbons (Fsp3) is 0.294. The predicted molar refractivity (Wildman–Crippen MR) is 90.0 cm³/mol. The van der Waals surface area contributed by atoms with E-state index >= 15 is 0 Å². The molecule has 0 radical (unpaired) electrons. The third-order valence-corrected chi connectivity index (χ3v) is 3.73. The third-order valence-electron chi connectivity index (χ3n) is 3.73. The maximum Gasteiger partial charge on any atom is 0.319 e. The second-order valence-corrected chi connectivity index (χ2v) is 5.63. The van der Waals surface area contributed by atoms with Crippen LogP contribution < -0.4 is 20.3 Å². The molecule has 6 nitrogen and oxygen atoms in total. The standard InChI is InChI=1S/C17H20N4O2/c1-21(2)16-8-7-12(11-18-16)19-17(22)20-14-9-10-23-15-6-4-3-5-13(14)15/h3-8,11,14H,9-10H2,1-2H3,(H2,19,20,22)/t14-/m0/s1. The van der Waals surface area contributed by atoms with E-state index in [4.69, 9.17) is 4.74 Å². The lowest BCUT2D eigenvalue weighted by Gasteiger charge is -2.26. The number of para-hydroxylation sites is 1. The molecule has 1 aliphatic rings. The van der Waals surface area contributed by atoms with Gasteiger partial charge < -0.3 is 20.3 Å². The Kier molecular flexibility index (Phi) is 4.32. The number of benzene rings is 1. The van der Waals surface area contributed by atoms with Gasteiger partial charge in [0.1, 0.15) is 11.6 Å². The van der Waals surface area contributed by atoms with Gasteiger partial charge in [-0.15, -0.1) is 0 Å². The fourth-order valence-electron chi connectivity index (χ4n) is 2.54. The monoisotopic (exact) mass is 312 g/mol. The lowest BCUT2D eigenvalue weighted by molar-refractivity contribution is 0.232. The molecule has 23 heavy (non-hydrogen) atoms. The van der Waals surface area contributed by atoms with E-state index in [1.807, 2.05) is 55.4 Å². The summed E-state index contributed by atoms with van der Waals surface area (Å²) >= 11 is 0. The number of urea groups is 1. The Balaban J connectivity index is 1.64. The van der Waals surface area contributed by atoms with Crippen molar-refractivity contribution in [2.75, 3.05) is 30.9 Å². The summed E-state index contributed by atoms with van der Waals surface area (Å²) in [7, 11) is 3.84. The van der Waals surface area contributed by atoms with Crippen molar-refractivity contribution >= 4 is 17.5 Å². The molecule has 0 bridgehead atoms. The van der Waals surface area contributed by atoms with Gasteiger partial charge in [0.15, 0.2) is 0 Å².